The van der Waals surface area contributed by atoms with Gasteiger partial charge >= 0.3 is 0 Å². The summed E-state index contributed by atoms with van der Waals surface area (Å²) >= 11 is 0. The Hall–Kier alpha value is -1.18. The second kappa shape index (κ2) is 5.21. The second-order valence-electron chi connectivity index (χ2n) is 5.66. The van der Waals surface area contributed by atoms with Crippen molar-refractivity contribution in [3.05, 3.63) is 23.8 Å². The van der Waals surface area contributed by atoms with Crippen LogP contribution in [-0.4, -0.2) is 13.7 Å². The summed E-state index contributed by atoms with van der Waals surface area (Å²) < 4.78 is 5.45. The lowest BCUT2D eigenvalue weighted by Crippen LogP contribution is -2.14. The monoisotopic (exact) mass is 245 g/mol. The first kappa shape index (κ1) is 11.9. The molecule has 2 aliphatic rings. The first-order chi connectivity index (χ1) is 8.90. The van der Waals surface area contributed by atoms with Crippen LogP contribution in [0.15, 0.2) is 18.2 Å². The summed E-state index contributed by atoms with van der Waals surface area (Å²) in [4.78, 5) is 0. The van der Waals surface area contributed by atoms with Crippen molar-refractivity contribution in [1.29, 1.82) is 0 Å². The van der Waals surface area contributed by atoms with Gasteiger partial charge in [-0.15, -0.1) is 0 Å². The Morgan fingerprint density at radius 1 is 1.11 bits per heavy atom. The molecule has 0 spiro atoms. The van der Waals surface area contributed by atoms with Crippen molar-refractivity contribution in [3.63, 3.8) is 0 Å². The normalized spacial score (nSPS) is 24.2. The lowest BCUT2D eigenvalue weighted by molar-refractivity contribution is 0.393. The maximum Gasteiger partial charge on any atom is 0.142 e. The van der Waals surface area contributed by atoms with Crippen molar-refractivity contribution in [1.82, 2.24) is 0 Å². The lowest BCUT2D eigenvalue weighted by atomic mass is 9.82. The number of para-hydroxylation sites is 1. The van der Waals surface area contributed by atoms with Crippen molar-refractivity contribution >= 4 is 5.69 Å². The SMILES string of the molecule is COc1cccc2c1NCC2C1CCCCCC1. The molecule has 0 radical (unpaired) electrons. The van der Waals surface area contributed by atoms with Crippen LogP contribution in [0.25, 0.3) is 0 Å². The van der Waals surface area contributed by atoms with E-state index >= 15 is 0 Å². The highest BCUT2D eigenvalue weighted by molar-refractivity contribution is 5.66. The van der Waals surface area contributed by atoms with Crippen LogP contribution in [0, 0.1) is 5.92 Å². The van der Waals surface area contributed by atoms with Gasteiger partial charge in [0.15, 0.2) is 0 Å². The molecular weight excluding hydrogens is 222 g/mol. The van der Waals surface area contributed by atoms with E-state index in [1.54, 1.807) is 7.11 Å². The smallest absolute Gasteiger partial charge is 0.142 e. The van der Waals surface area contributed by atoms with E-state index in [1.807, 2.05) is 0 Å². The highest BCUT2D eigenvalue weighted by Crippen LogP contribution is 2.45. The number of methoxy groups -OCH3 is 1. The van der Waals surface area contributed by atoms with E-state index in [2.05, 4.69) is 23.5 Å². The van der Waals surface area contributed by atoms with E-state index in [1.165, 1.54) is 49.8 Å². The third-order valence-corrected chi connectivity index (χ3v) is 4.65. The molecule has 2 heteroatoms. The minimum Gasteiger partial charge on any atom is -0.495 e. The summed E-state index contributed by atoms with van der Waals surface area (Å²) in [7, 11) is 1.76. The summed E-state index contributed by atoms with van der Waals surface area (Å²) in [5.41, 5.74) is 2.73. The van der Waals surface area contributed by atoms with Gasteiger partial charge in [0.2, 0.25) is 0 Å². The zero-order chi connectivity index (χ0) is 12.4. The van der Waals surface area contributed by atoms with Gasteiger partial charge in [-0.25, -0.2) is 0 Å². The Morgan fingerprint density at radius 2 is 1.89 bits per heavy atom. The van der Waals surface area contributed by atoms with Crippen molar-refractivity contribution in [2.75, 3.05) is 19.0 Å². The van der Waals surface area contributed by atoms with E-state index < -0.39 is 0 Å². The Morgan fingerprint density at radius 3 is 2.61 bits per heavy atom. The number of benzene rings is 1. The number of hydrogen-bond acceptors (Lipinski definition) is 2. The van der Waals surface area contributed by atoms with Crippen LogP contribution in [0.4, 0.5) is 5.69 Å². The number of rotatable bonds is 2. The van der Waals surface area contributed by atoms with Gasteiger partial charge in [-0.05, 0) is 30.4 Å². The highest BCUT2D eigenvalue weighted by atomic mass is 16.5. The molecule has 0 saturated heterocycles. The lowest BCUT2D eigenvalue weighted by Gasteiger charge is -2.21. The Kier molecular flexibility index (Phi) is 3.44. The number of anilines is 1. The molecule has 1 saturated carbocycles. The summed E-state index contributed by atoms with van der Waals surface area (Å²) in [5, 5.41) is 3.56. The maximum absolute atomic E-state index is 5.45. The van der Waals surface area contributed by atoms with Crippen molar-refractivity contribution in [2.45, 2.75) is 44.4 Å². The molecule has 98 valence electrons. The van der Waals surface area contributed by atoms with Gasteiger partial charge in [0, 0.05) is 12.5 Å². The zero-order valence-corrected chi connectivity index (χ0v) is 11.2. The van der Waals surface area contributed by atoms with Crippen LogP contribution in [0.1, 0.15) is 50.0 Å². The standard InChI is InChI=1S/C16H23NO/c1-18-15-10-6-9-13-14(11-17-16(13)15)12-7-4-2-3-5-8-12/h6,9-10,12,14,17H,2-5,7-8,11H2,1H3. The topological polar surface area (TPSA) is 21.3 Å². The van der Waals surface area contributed by atoms with Crippen LogP contribution in [0.3, 0.4) is 0 Å². The Labute approximate surface area is 110 Å². The fraction of sp³-hybridized carbons (Fsp3) is 0.625. The predicted molar refractivity (Wildman–Crippen MR) is 75.4 cm³/mol. The third kappa shape index (κ3) is 2.09. The molecule has 1 N–H and O–H groups in total. The molecule has 0 amide bonds. The molecule has 1 fully saturated rings. The van der Waals surface area contributed by atoms with Crippen LogP contribution >= 0.6 is 0 Å². The second-order valence-corrected chi connectivity index (χ2v) is 5.66. The minimum absolute atomic E-state index is 0.702. The molecule has 2 nitrogen and oxygen atoms in total. The molecule has 1 aliphatic carbocycles. The van der Waals surface area contributed by atoms with Crippen LogP contribution < -0.4 is 10.1 Å². The van der Waals surface area contributed by atoms with Gasteiger partial charge < -0.3 is 10.1 Å². The van der Waals surface area contributed by atoms with E-state index in [9.17, 15) is 0 Å². The Bertz CT molecular complexity index is 408. The third-order valence-electron chi connectivity index (χ3n) is 4.65. The van der Waals surface area contributed by atoms with Crippen LogP contribution in [-0.2, 0) is 0 Å². The van der Waals surface area contributed by atoms with Gasteiger partial charge in [-0.3, -0.25) is 0 Å². The average Bonchev–Trinajstić information content (AvgIpc) is 2.66. The molecule has 1 heterocycles. The zero-order valence-electron chi connectivity index (χ0n) is 11.2. The fourth-order valence-corrected chi connectivity index (χ4v) is 3.67. The molecule has 1 aromatic rings. The van der Waals surface area contributed by atoms with Gasteiger partial charge in [0.1, 0.15) is 5.75 Å². The summed E-state index contributed by atoms with van der Waals surface area (Å²) in [6.45, 7) is 1.10. The first-order valence-corrected chi connectivity index (χ1v) is 7.31. The minimum atomic E-state index is 0.702. The quantitative estimate of drug-likeness (QED) is 0.789. The average molecular weight is 245 g/mol. The van der Waals surface area contributed by atoms with Crippen LogP contribution in [0.2, 0.25) is 0 Å². The van der Waals surface area contributed by atoms with Gasteiger partial charge in [0.25, 0.3) is 0 Å². The van der Waals surface area contributed by atoms with Crippen molar-refractivity contribution in [3.8, 4) is 5.75 Å². The Balaban J connectivity index is 1.85. The fourth-order valence-electron chi connectivity index (χ4n) is 3.67. The van der Waals surface area contributed by atoms with E-state index in [4.69, 9.17) is 4.74 Å². The van der Waals surface area contributed by atoms with E-state index in [0.717, 1.165) is 18.2 Å². The van der Waals surface area contributed by atoms with E-state index in [0.29, 0.717) is 5.92 Å². The first-order valence-electron chi connectivity index (χ1n) is 7.31. The van der Waals surface area contributed by atoms with Gasteiger partial charge in [-0.2, -0.15) is 0 Å². The molecule has 1 aliphatic heterocycles. The molecule has 1 atom stereocenters. The molecule has 1 aromatic carbocycles. The summed E-state index contributed by atoms with van der Waals surface area (Å²) in [6.07, 6.45) is 8.51. The largest absolute Gasteiger partial charge is 0.495 e. The van der Waals surface area contributed by atoms with E-state index in [-0.39, 0.29) is 0 Å². The molecule has 3 rings (SSSR count). The molecule has 1 unspecified atom stereocenters. The molecular formula is C16H23NO. The van der Waals surface area contributed by atoms with Crippen molar-refractivity contribution in [2.24, 2.45) is 5.92 Å². The predicted octanol–water partition coefficient (Wildman–Crippen LogP) is 4.17. The van der Waals surface area contributed by atoms with Gasteiger partial charge in [0.05, 0.1) is 12.8 Å². The molecule has 0 bridgehead atoms. The van der Waals surface area contributed by atoms with Crippen LogP contribution in [0.5, 0.6) is 5.75 Å². The summed E-state index contributed by atoms with van der Waals surface area (Å²) in [5.74, 6) is 2.57. The molecule has 0 aromatic heterocycles. The number of hydrogen-bond donors (Lipinski definition) is 1. The van der Waals surface area contributed by atoms with Crippen molar-refractivity contribution < 1.29 is 4.74 Å². The number of fused-ring (bicyclic) bond motifs is 1. The maximum atomic E-state index is 5.45. The molecule has 18 heavy (non-hydrogen) atoms. The summed E-state index contributed by atoms with van der Waals surface area (Å²) in [6, 6.07) is 6.48. The number of ether oxygens (including phenoxy) is 1. The highest BCUT2D eigenvalue weighted by Gasteiger charge is 2.31. The van der Waals surface area contributed by atoms with Gasteiger partial charge in [-0.1, -0.05) is 37.8 Å². The number of nitrogens with one attached hydrogen (secondary N) is 1.